The summed E-state index contributed by atoms with van der Waals surface area (Å²) >= 11 is 0. The van der Waals surface area contributed by atoms with Crippen LogP contribution in [0.15, 0.2) is 42.5 Å². The van der Waals surface area contributed by atoms with E-state index in [0.29, 0.717) is 22.8 Å². The lowest BCUT2D eigenvalue weighted by molar-refractivity contribution is -0.485. The van der Waals surface area contributed by atoms with Crippen LogP contribution >= 0.6 is 0 Å². The molecular weight excluding hydrogens is 418 g/mol. The third-order valence-electron chi connectivity index (χ3n) is 5.20. The minimum atomic E-state index is -1.15. The van der Waals surface area contributed by atoms with Gasteiger partial charge in [-0.2, -0.15) is 0 Å². The summed E-state index contributed by atoms with van der Waals surface area (Å²) in [4.78, 5) is 36.8. The van der Waals surface area contributed by atoms with Gasteiger partial charge < -0.3 is 18.9 Å². The number of hydrogen-bond donors (Lipinski definition) is 0. The van der Waals surface area contributed by atoms with Crippen LogP contribution in [0.4, 0.5) is 0 Å². The van der Waals surface area contributed by atoms with Crippen molar-refractivity contribution >= 4 is 11.8 Å². The number of hydrogen-bond acceptors (Lipinski definition) is 8. The number of nitro groups is 1. The molecule has 1 aliphatic heterocycles. The molecule has 0 aliphatic carbocycles. The van der Waals surface area contributed by atoms with Crippen LogP contribution in [0.25, 0.3) is 0 Å². The van der Waals surface area contributed by atoms with E-state index in [9.17, 15) is 19.7 Å². The summed E-state index contributed by atoms with van der Waals surface area (Å²) in [6.45, 7) is 1.26. The molecule has 0 radical (unpaired) electrons. The van der Waals surface area contributed by atoms with Gasteiger partial charge in [0, 0.05) is 4.92 Å². The fraction of sp³-hybridized carbons (Fsp3) is 0.391. The first kappa shape index (κ1) is 23.1. The van der Waals surface area contributed by atoms with Crippen LogP contribution in [-0.2, 0) is 27.2 Å². The number of ketones is 1. The summed E-state index contributed by atoms with van der Waals surface area (Å²) in [7, 11) is 1.54. The van der Waals surface area contributed by atoms with Gasteiger partial charge in [0.2, 0.25) is 13.3 Å². The molecule has 0 saturated heterocycles. The zero-order valence-electron chi connectivity index (χ0n) is 17.9. The second-order valence-corrected chi connectivity index (χ2v) is 7.36. The standard InChI is InChI=1S/C23H25NO8/c1-3-30-23(26)19(11-15-4-7-18(29-2)8-5-15)22(25)17(13-24(27)28)10-16-6-9-20-21(12-16)32-14-31-20/h4-9,12,17,19H,3,10-11,13-14H2,1-2H3. The summed E-state index contributed by atoms with van der Waals surface area (Å²) in [5.41, 5.74) is 1.40. The van der Waals surface area contributed by atoms with Crippen molar-refractivity contribution in [2.24, 2.45) is 11.8 Å². The molecular formula is C23H25NO8. The second kappa shape index (κ2) is 10.6. The molecule has 1 aliphatic rings. The number of rotatable bonds is 11. The summed E-state index contributed by atoms with van der Waals surface area (Å²) < 4.78 is 20.9. The molecule has 0 saturated carbocycles. The summed E-state index contributed by atoms with van der Waals surface area (Å²) in [6, 6.07) is 12.1. The van der Waals surface area contributed by atoms with Crippen LogP contribution in [-0.4, -0.2) is 43.7 Å². The van der Waals surface area contributed by atoms with Gasteiger partial charge in [0.25, 0.3) is 0 Å². The highest BCUT2D eigenvalue weighted by atomic mass is 16.7. The van der Waals surface area contributed by atoms with Crippen molar-refractivity contribution < 1.29 is 33.5 Å². The van der Waals surface area contributed by atoms with E-state index in [4.69, 9.17) is 18.9 Å². The lowest BCUT2D eigenvalue weighted by atomic mass is 9.84. The zero-order valence-corrected chi connectivity index (χ0v) is 17.9. The second-order valence-electron chi connectivity index (χ2n) is 7.36. The Hall–Kier alpha value is -3.62. The van der Waals surface area contributed by atoms with Crippen LogP contribution in [0.3, 0.4) is 0 Å². The van der Waals surface area contributed by atoms with Crippen LogP contribution in [0.5, 0.6) is 17.2 Å². The monoisotopic (exact) mass is 443 g/mol. The fourth-order valence-electron chi connectivity index (χ4n) is 3.61. The normalized spacial score (nSPS) is 13.8. The highest BCUT2D eigenvalue weighted by molar-refractivity contribution is 6.00. The molecule has 170 valence electrons. The Morgan fingerprint density at radius 2 is 1.75 bits per heavy atom. The van der Waals surface area contributed by atoms with Gasteiger partial charge in [-0.15, -0.1) is 0 Å². The van der Waals surface area contributed by atoms with Gasteiger partial charge in [0.1, 0.15) is 11.7 Å². The first-order chi connectivity index (χ1) is 15.4. The highest BCUT2D eigenvalue weighted by Gasteiger charge is 2.36. The minimum absolute atomic E-state index is 0.0804. The van der Waals surface area contributed by atoms with Crippen molar-refractivity contribution in [1.82, 2.24) is 0 Å². The molecule has 1 heterocycles. The number of carbonyl (C=O) groups is 2. The number of carbonyl (C=O) groups excluding carboxylic acids is 2. The average Bonchev–Trinajstić information content (AvgIpc) is 3.24. The van der Waals surface area contributed by atoms with E-state index in [1.54, 1.807) is 49.4 Å². The number of Topliss-reactive ketones (excluding diaryl/α,β-unsaturated/α-hetero) is 1. The Bertz CT molecular complexity index is 972. The van der Waals surface area contributed by atoms with E-state index in [1.165, 1.54) is 7.11 Å². The zero-order chi connectivity index (χ0) is 23.1. The minimum Gasteiger partial charge on any atom is -0.497 e. The van der Waals surface area contributed by atoms with Crippen LogP contribution in [0.2, 0.25) is 0 Å². The number of fused-ring (bicyclic) bond motifs is 1. The van der Waals surface area contributed by atoms with Crippen LogP contribution < -0.4 is 14.2 Å². The van der Waals surface area contributed by atoms with Gasteiger partial charge in [-0.1, -0.05) is 18.2 Å². The molecule has 0 N–H and O–H groups in total. The Labute approximate surface area is 185 Å². The molecule has 2 atom stereocenters. The summed E-state index contributed by atoms with van der Waals surface area (Å²) in [5.74, 6) is -1.62. The summed E-state index contributed by atoms with van der Waals surface area (Å²) in [6.07, 6.45) is 0.173. The number of esters is 1. The van der Waals surface area contributed by atoms with E-state index < -0.39 is 35.1 Å². The average molecular weight is 443 g/mol. The molecule has 0 aromatic heterocycles. The first-order valence-electron chi connectivity index (χ1n) is 10.2. The molecule has 32 heavy (non-hydrogen) atoms. The molecule has 9 nitrogen and oxygen atoms in total. The van der Waals surface area contributed by atoms with E-state index in [2.05, 4.69) is 0 Å². The van der Waals surface area contributed by atoms with Gasteiger partial charge in [-0.05, 0) is 55.2 Å². The Morgan fingerprint density at radius 3 is 2.41 bits per heavy atom. The lowest BCUT2D eigenvalue weighted by Gasteiger charge is -2.20. The predicted molar refractivity (Wildman–Crippen MR) is 113 cm³/mol. The Kier molecular flexibility index (Phi) is 7.64. The van der Waals surface area contributed by atoms with Crippen LogP contribution in [0.1, 0.15) is 18.1 Å². The fourth-order valence-corrected chi connectivity index (χ4v) is 3.61. The van der Waals surface area contributed by atoms with Gasteiger partial charge in [-0.3, -0.25) is 19.7 Å². The van der Waals surface area contributed by atoms with E-state index >= 15 is 0 Å². The Balaban J connectivity index is 1.84. The SMILES string of the molecule is CCOC(=O)C(Cc1ccc(OC)cc1)C(=O)C(Cc1ccc2c(c1)OCO2)C[N+](=O)[O-]. The molecule has 3 rings (SSSR count). The summed E-state index contributed by atoms with van der Waals surface area (Å²) in [5, 5.41) is 11.3. The maximum absolute atomic E-state index is 13.4. The van der Waals surface area contributed by atoms with E-state index in [1.807, 2.05) is 0 Å². The largest absolute Gasteiger partial charge is 0.497 e. The van der Waals surface area contributed by atoms with Gasteiger partial charge in [-0.25, -0.2) is 0 Å². The molecule has 0 spiro atoms. The lowest BCUT2D eigenvalue weighted by Crippen LogP contribution is -2.37. The third kappa shape index (κ3) is 5.75. The van der Waals surface area contributed by atoms with Gasteiger partial charge >= 0.3 is 5.97 Å². The van der Waals surface area contributed by atoms with Gasteiger partial charge in [0.05, 0.1) is 19.6 Å². The van der Waals surface area contributed by atoms with Gasteiger partial charge in [0.15, 0.2) is 17.3 Å². The number of methoxy groups -OCH3 is 1. The van der Waals surface area contributed by atoms with Crippen molar-refractivity contribution in [3.05, 3.63) is 63.7 Å². The number of benzene rings is 2. The van der Waals surface area contributed by atoms with E-state index in [0.717, 1.165) is 5.56 Å². The smallest absolute Gasteiger partial charge is 0.316 e. The highest BCUT2D eigenvalue weighted by Crippen LogP contribution is 2.33. The van der Waals surface area contributed by atoms with Crippen molar-refractivity contribution in [1.29, 1.82) is 0 Å². The molecule has 2 aromatic carbocycles. The molecule has 9 heteroatoms. The first-order valence-corrected chi connectivity index (χ1v) is 10.2. The molecule has 2 unspecified atom stereocenters. The van der Waals surface area contributed by atoms with E-state index in [-0.39, 0.29) is 26.2 Å². The maximum Gasteiger partial charge on any atom is 0.316 e. The molecule has 2 aromatic rings. The third-order valence-corrected chi connectivity index (χ3v) is 5.20. The predicted octanol–water partition coefficient (Wildman–Crippen LogP) is 2.85. The van der Waals surface area contributed by atoms with Crippen molar-refractivity contribution in [2.45, 2.75) is 19.8 Å². The van der Waals surface area contributed by atoms with Crippen molar-refractivity contribution in [2.75, 3.05) is 27.1 Å². The topological polar surface area (TPSA) is 114 Å². The molecule has 0 amide bonds. The quantitative estimate of drug-likeness (QED) is 0.225. The number of nitrogens with zero attached hydrogens (tertiary/aromatic N) is 1. The van der Waals surface area contributed by atoms with Crippen molar-refractivity contribution in [3.63, 3.8) is 0 Å². The Morgan fingerprint density at radius 1 is 1.06 bits per heavy atom. The van der Waals surface area contributed by atoms with Crippen LogP contribution in [0, 0.1) is 22.0 Å². The maximum atomic E-state index is 13.4. The number of ether oxygens (including phenoxy) is 4. The molecule has 0 bridgehead atoms. The van der Waals surface area contributed by atoms with Crippen molar-refractivity contribution in [3.8, 4) is 17.2 Å². The molecule has 0 fully saturated rings.